The van der Waals surface area contributed by atoms with Gasteiger partial charge in [-0.3, -0.25) is 0 Å². The van der Waals surface area contributed by atoms with Crippen LogP contribution < -0.4 is 5.32 Å². The van der Waals surface area contributed by atoms with Crippen molar-refractivity contribution >= 4 is 11.6 Å². The monoisotopic (exact) mass is 313 g/mol. The fourth-order valence-corrected chi connectivity index (χ4v) is 3.85. The number of nitrogens with one attached hydrogen (secondary N) is 1. The van der Waals surface area contributed by atoms with Crippen molar-refractivity contribution in [2.75, 3.05) is 6.54 Å². The molecule has 2 nitrogen and oxygen atoms in total. The highest BCUT2D eigenvalue weighted by Gasteiger charge is 2.49. The molecule has 0 amide bonds. The van der Waals surface area contributed by atoms with Crippen molar-refractivity contribution in [3.63, 3.8) is 0 Å². The predicted octanol–water partition coefficient (Wildman–Crippen LogP) is 4.72. The average molecular weight is 314 g/mol. The summed E-state index contributed by atoms with van der Waals surface area (Å²) >= 11 is 6.28. The van der Waals surface area contributed by atoms with Crippen LogP contribution in [0.15, 0.2) is 18.2 Å². The van der Waals surface area contributed by atoms with Gasteiger partial charge in [0, 0.05) is 17.0 Å². The highest BCUT2D eigenvalue weighted by Crippen LogP contribution is 2.48. The topological polar surface area (TPSA) is 21.3 Å². The summed E-state index contributed by atoms with van der Waals surface area (Å²) in [5.74, 6) is -0.0309. The van der Waals surface area contributed by atoms with E-state index in [-0.39, 0.29) is 29.0 Å². The van der Waals surface area contributed by atoms with Crippen LogP contribution in [0.25, 0.3) is 0 Å². The molecule has 4 heteroatoms. The minimum absolute atomic E-state index is 0.0554. The number of hydrogen-bond donors (Lipinski definition) is 1. The minimum atomic E-state index is -0.304. The van der Waals surface area contributed by atoms with Crippen molar-refractivity contribution in [2.24, 2.45) is 5.92 Å². The highest BCUT2D eigenvalue weighted by atomic mass is 35.5. The summed E-state index contributed by atoms with van der Waals surface area (Å²) in [5.41, 5.74) is 0.529. The van der Waals surface area contributed by atoms with Crippen LogP contribution in [0, 0.1) is 11.7 Å². The molecular weight excluding hydrogens is 289 g/mol. The lowest BCUT2D eigenvalue weighted by Gasteiger charge is -2.34. The Bertz CT molecular complexity index is 516. The molecule has 0 aliphatic carbocycles. The van der Waals surface area contributed by atoms with Gasteiger partial charge < -0.3 is 10.1 Å². The SMILES string of the molecule is CCNC(c1ccc(F)cc1Cl)C1CC(C)(C)OC1(C)C. The Morgan fingerprint density at radius 1 is 1.38 bits per heavy atom. The van der Waals surface area contributed by atoms with Crippen molar-refractivity contribution in [3.05, 3.63) is 34.6 Å². The molecule has 1 aliphatic rings. The van der Waals surface area contributed by atoms with E-state index < -0.39 is 0 Å². The van der Waals surface area contributed by atoms with Gasteiger partial charge in [-0.05, 0) is 58.4 Å². The number of hydrogen-bond acceptors (Lipinski definition) is 2. The van der Waals surface area contributed by atoms with Crippen LogP contribution in [0.1, 0.15) is 52.6 Å². The van der Waals surface area contributed by atoms with Gasteiger partial charge in [-0.15, -0.1) is 0 Å². The van der Waals surface area contributed by atoms with Crippen molar-refractivity contribution in [3.8, 4) is 0 Å². The Morgan fingerprint density at radius 3 is 2.52 bits per heavy atom. The molecule has 1 aromatic rings. The Labute approximate surface area is 132 Å². The molecular formula is C17H25ClFNO. The van der Waals surface area contributed by atoms with E-state index in [1.54, 1.807) is 6.07 Å². The second kappa shape index (κ2) is 5.86. The minimum Gasteiger partial charge on any atom is -0.369 e. The summed E-state index contributed by atoms with van der Waals surface area (Å²) in [6.45, 7) is 11.4. The van der Waals surface area contributed by atoms with Gasteiger partial charge in [0.2, 0.25) is 0 Å². The van der Waals surface area contributed by atoms with Gasteiger partial charge in [0.1, 0.15) is 5.82 Å². The van der Waals surface area contributed by atoms with Gasteiger partial charge in [0.25, 0.3) is 0 Å². The molecule has 0 spiro atoms. The third-order valence-corrected chi connectivity index (χ3v) is 4.60. The van der Waals surface area contributed by atoms with Gasteiger partial charge >= 0.3 is 0 Å². The molecule has 1 aliphatic heterocycles. The molecule has 0 aromatic heterocycles. The Kier molecular flexibility index (Phi) is 4.67. The second-order valence-electron chi connectivity index (χ2n) is 6.98. The molecule has 2 atom stereocenters. The summed E-state index contributed by atoms with van der Waals surface area (Å²) in [4.78, 5) is 0. The van der Waals surface area contributed by atoms with Crippen LogP contribution in [-0.4, -0.2) is 17.7 Å². The average Bonchev–Trinajstić information content (AvgIpc) is 2.55. The van der Waals surface area contributed by atoms with Crippen LogP contribution in [0.2, 0.25) is 5.02 Å². The summed E-state index contributed by atoms with van der Waals surface area (Å²) in [5, 5.41) is 3.98. The maximum absolute atomic E-state index is 13.3. The maximum atomic E-state index is 13.3. The Hall–Kier alpha value is -0.640. The Balaban J connectivity index is 2.39. The summed E-state index contributed by atoms with van der Waals surface area (Å²) in [6, 6.07) is 4.70. The van der Waals surface area contributed by atoms with Crippen LogP contribution in [-0.2, 0) is 4.74 Å². The second-order valence-corrected chi connectivity index (χ2v) is 7.38. The van der Waals surface area contributed by atoms with Crippen LogP contribution >= 0.6 is 11.6 Å². The Morgan fingerprint density at radius 2 is 2.05 bits per heavy atom. The summed E-state index contributed by atoms with van der Waals surface area (Å²) in [6.07, 6.45) is 0.936. The van der Waals surface area contributed by atoms with Crippen LogP contribution in [0.4, 0.5) is 4.39 Å². The zero-order valence-electron chi connectivity index (χ0n) is 13.5. The van der Waals surface area contributed by atoms with Crippen molar-refractivity contribution in [1.29, 1.82) is 0 Å². The predicted molar refractivity (Wildman–Crippen MR) is 85.2 cm³/mol. The molecule has 0 saturated carbocycles. The fourth-order valence-electron chi connectivity index (χ4n) is 3.57. The van der Waals surface area contributed by atoms with E-state index in [2.05, 4.69) is 39.9 Å². The van der Waals surface area contributed by atoms with Crippen molar-refractivity contribution in [2.45, 2.75) is 58.3 Å². The first-order chi connectivity index (χ1) is 9.66. The zero-order chi connectivity index (χ0) is 15.8. The quantitative estimate of drug-likeness (QED) is 0.868. The van der Waals surface area contributed by atoms with E-state index >= 15 is 0 Å². The molecule has 2 unspecified atom stereocenters. The van der Waals surface area contributed by atoms with Crippen molar-refractivity contribution < 1.29 is 9.13 Å². The molecule has 1 heterocycles. The molecule has 1 aromatic carbocycles. The lowest BCUT2D eigenvalue weighted by atomic mass is 9.79. The molecule has 118 valence electrons. The zero-order valence-corrected chi connectivity index (χ0v) is 14.2. The van der Waals surface area contributed by atoms with E-state index in [1.165, 1.54) is 12.1 Å². The van der Waals surface area contributed by atoms with E-state index in [4.69, 9.17) is 16.3 Å². The van der Waals surface area contributed by atoms with E-state index in [9.17, 15) is 4.39 Å². The van der Waals surface area contributed by atoms with Gasteiger partial charge in [0.15, 0.2) is 0 Å². The van der Waals surface area contributed by atoms with E-state index in [1.807, 2.05) is 0 Å². The van der Waals surface area contributed by atoms with Gasteiger partial charge in [0.05, 0.1) is 11.2 Å². The first-order valence-electron chi connectivity index (χ1n) is 7.55. The van der Waals surface area contributed by atoms with Crippen LogP contribution in [0.3, 0.4) is 0 Å². The lowest BCUT2D eigenvalue weighted by Crippen LogP contribution is -2.38. The van der Waals surface area contributed by atoms with Crippen molar-refractivity contribution in [1.82, 2.24) is 5.32 Å². The number of rotatable bonds is 4. The van der Waals surface area contributed by atoms with Gasteiger partial charge in [-0.1, -0.05) is 24.6 Å². The highest BCUT2D eigenvalue weighted by molar-refractivity contribution is 6.31. The normalized spacial score (nSPS) is 25.0. The molecule has 0 radical (unpaired) electrons. The molecule has 1 fully saturated rings. The largest absolute Gasteiger partial charge is 0.369 e. The first kappa shape index (κ1) is 16.7. The van der Waals surface area contributed by atoms with Crippen LogP contribution in [0.5, 0.6) is 0 Å². The lowest BCUT2D eigenvalue weighted by molar-refractivity contribution is -0.0778. The number of halogens is 2. The van der Waals surface area contributed by atoms with Gasteiger partial charge in [-0.2, -0.15) is 0 Å². The van der Waals surface area contributed by atoms with E-state index in [0.29, 0.717) is 5.02 Å². The third kappa shape index (κ3) is 3.58. The molecule has 2 rings (SSSR count). The summed E-state index contributed by atoms with van der Waals surface area (Å²) < 4.78 is 19.5. The fraction of sp³-hybridized carbons (Fsp3) is 0.647. The van der Waals surface area contributed by atoms with E-state index in [0.717, 1.165) is 18.5 Å². The summed E-state index contributed by atoms with van der Waals surface area (Å²) in [7, 11) is 0. The molecule has 0 bridgehead atoms. The smallest absolute Gasteiger partial charge is 0.124 e. The maximum Gasteiger partial charge on any atom is 0.124 e. The molecule has 1 N–H and O–H groups in total. The molecule has 1 saturated heterocycles. The molecule has 21 heavy (non-hydrogen) atoms. The first-order valence-corrected chi connectivity index (χ1v) is 7.92. The van der Waals surface area contributed by atoms with Gasteiger partial charge in [-0.25, -0.2) is 4.39 Å². The third-order valence-electron chi connectivity index (χ3n) is 4.27. The number of benzene rings is 1. The standard InChI is InChI=1S/C17H25ClFNO/c1-6-20-15(12-8-7-11(19)9-14(12)18)13-10-16(2,3)21-17(13,4)5/h7-9,13,15,20H,6,10H2,1-5H3. The number of ether oxygens (including phenoxy) is 1.